The van der Waals surface area contributed by atoms with Crippen LogP contribution in [0.4, 0.5) is 5.82 Å². The molecule has 1 aliphatic rings. The van der Waals surface area contributed by atoms with Gasteiger partial charge >= 0.3 is 0 Å². The molecule has 1 aliphatic heterocycles. The minimum absolute atomic E-state index is 0.0349. The van der Waals surface area contributed by atoms with Crippen LogP contribution >= 0.6 is 0 Å². The Morgan fingerprint density at radius 1 is 1.00 bits per heavy atom. The minimum atomic E-state index is -0.0349. The van der Waals surface area contributed by atoms with Crippen molar-refractivity contribution in [1.29, 1.82) is 0 Å². The topological polar surface area (TPSA) is 67.4 Å². The van der Waals surface area contributed by atoms with Gasteiger partial charge in [0.15, 0.2) is 0 Å². The molecule has 0 spiro atoms. The van der Waals surface area contributed by atoms with Crippen LogP contribution in [0.5, 0.6) is 0 Å². The molecule has 1 N–H and O–H groups in total. The number of aryl methyl sites for hydroxylation is 1. The van der Waals surface area contributed by atoms with Crippen LogP contribution in [0.1, 0.15) is 30.7 Å². The van der Waals surface area contributed by atoms with Gasteiger partial charge in [-0.3, -0.25) is 9.78 Å². The second-order valence-electron chi connectivity index (χ2n) is 9.57. The third-order valence-electron chi connectivity index (χ3n) is 6.64. The second-order valence-corrected chi connectivity index (χ2v) is 9.57. The Morgan fingerprint density at radius 3 is 2.44 bits per heavy atom. The number of anilines is 1. The molecule has 0 bridgehead atoms. The zero-order valence-corrected chi connectivity index (χ0v) is 21.1. The van der Waals surface area contributed by atoms with Crippen LogP contribution in [0.25, 0.3) is 22.0 Å². The first kappa shape index (κ1) is 23.9. The number of benzene rings is 2. The molecule has 3 heterocycles. The molecule has 184 valence electrons. The summed E-state index contributed by atoms with van der Waals surface area (Å²) in [5, 5.41) is 4.13. The van der Waals surface area contributed by atoms with Gasteiger partial charge in [-0.25, -0.2) is 4.98 Å². The van der Waals surface area contributed by atoms with E-state index in [1.54, 1.807) is 0 Å². The van der Waals surface area contributed by atoms with E-state index in [1.807, 2.05) is 61.7 Å². The van der Waals surface area contributed by atoms with Crippen molar-refractivity contribution in [3.05, 3.63) is 89.7 Å². The third-order valence-corrected chi connectivity index (χ3v) is 6.64. The van der Waals surface area contributed by atoms with Crippen LogP contribution in [0.3, 0.4) is 0 Å². The van der Waals surface area contributed by atoms with Crippen molar-refractivity contribution < 1.29 is 9.53 Å². The van der Waals surface area contributed by atoms with Gasteiger partial charge in [-0.1, -0.05) is 54.6 Å². The van der Waals surface area contributed by atoms with Crippen molar-refractivity contribution in [3.63, 3.8) is 0 Å². The molecular formula is C30H32N4O2. The fourth-order valence-electron chi connectivity index (χ4n) is 5.02. The number of nitrogens with zero attached hydrogens (tertiary/aromatic N) is 3. The number of amides is 1. The maximum atomic E-state index is 13.1. The lowest BCUT2D eigenvalue weighted by Crippen LogP contribution is -2.45. The van der Waals surface area contributed by atoms with Crippen molar-refractivity contribution in [3.8, 4) is 11.1 Å². The van der Waals surface area contributed by atoms with Gasteiger partial charge in [-0.15, -0.1) is 0 Å². The standard InChI is InChI=1S/C30H32N4O2/c1-20-18-34(19-21(2)36-20)28-14-13-23(16-31-28)17-32-29(35)15-26-22(3)33-27-12-8-7-11-25(27)30(26)24-9-5-4-6-10-24/h4-14,16,20-21H,15,17-19H2,1-3H3,(H,32,35). The SMILES string of the molecule is Cc1nc2ccccc2c(-c2ccccc2)c1CC(=O)NCc1ccc(N2CC(C)OC(C)C2)nc1. The van der Waals surface area contributed by atoms with E-state index in [0.29, 0.717) is 6.54 Å². The van der Waals surface area contributed by atoms with Gasteiger partial charge in [0.2, 0.25) is 5.91 Å². The zero-order chi connectivity index (χ0) is 25.1. The molecule has 36 heavy (non-hydrogen) atoms. The Hall–Kier alpha value is -3.77. The fraction of sp³-hybridized carbons (Fsp3) is 0.300. The molecule has 1 amide bonds. The summed E-state index contributed by atoms with van der Waals surface area (Å²) in [5.74, 6) is 0.907. The Bertz CT molecular complexity index is 1350. The molecule has 4 aromatic rings. The highest BCUT2D eigenvalue weighted by atomic mass is 16.5. The average molecular weight is 481 g/mol. The molecule has 2 aromatic heterocycles. The molecule has 0 radical (unpaired) electrons. The zero-order valence-electron chi connectivity index (χ0n) is 21.1. The third kappa shape index (κ3) is 5.24. The van der Waals surface area contributed by atoms with Gasteiger partial charge < -0.3 is 15.0 Å². The van der Waals surface area contributed by atoms with E-state index >= 15 is 0 Å². The van der Waals surface area contributed by atoms with Gasteiger partial charge in [0.1, 0.15) is 5.82 Å². The Morgan fingerprint density at radius 2 is 1.72 bits per heavy atom. The quantitative estimate of drug-likeness (QED) is 0.417. The Kier molecular flexibility index (Phi) is 6.96. The summed E-state index contributed by atoms with van der Waals surface area (Å²) >= 11 is 0. The molecule has 1 fully saturated rings. The minimum Gasteiger partial charge on any atom is -0.372 e. The maximum Gasteiger partial charge on any atom is 0.224 e. The highest BCUT2D eigenvalue weighted by Gasteiger charge is 2.23. The van der Waals surface area contributed by atoms with Crippen LogP contribution in [-0.2, 0) is 22.5 Å². The number of carbonyl (C=O) groups is 1. The highest BCUT2D eigenvalue weighted by molar-refractivity contribution is 5.98. The van der Waals surface area contributed by atoms with Crippen molar-refractivity contribution in [2.75, 3.05) is 18.0 Å². The number of morpholine rings is 1. The largest absolute Gasteiger partial charge is 0.372 e. The van der Waals surface area contributed by atoms with Crippen LogP contribution in [0.15, 0.2) is 72.9 Å². The molecule has 6 heteroatoms. The van der Waals surface area contributed by atoms with E-state index in [1.165, 1.54) is 0 Å². The first-order chi connectivity index (χ1) is 17.5. The molecule has 2 atom stereocenters. The van der Waals surface area contributed by atoms with Crippen LogP contribution < -0.4 is 10.2 Å². The van der Waals surface area contributed by atoms with E-state index in [4.69, 9.17) is 9.72 Å². The number of ether oxygens (including phenoxy) is 1. The summed E-state index contributed by atoms with van der Waals surface area (Å²) in [7, 11) is 0. The van der Waals surface area contributed by atoms with E-state index in [0.717, 1.165) is 57.8 Å². The Balaban J connectivity index is 1.31. The Labute approximate surface area is 212 Å². The number of carbonyl (C=O) groups excluding carboxylic acids is 1. The molecule has 6 nitrogen and oxygen atoms in total. The summed E-state index contributed by atoms with van der Waals surface area (Å²) in [6, 6.07) is 22.4. The molecule has 5 rings (SSSR count). The molecule has 0 aliphatic carbocycles. The second kappa shape index (κ2) is 10.5. The highest BCUT2D eigenvalue weighted by Crippen LogP contribution is 2.33. The van der Waals surface area contributed by atoms with Crippen LogP contribution in [0.2, 0.25) is 0 Å². The lowest BCUT2D eigenvalue weighted by atomic mass is 9.92. The van der Waals surface area contributed by atoms with Crippen molar-refractivity contribution in [2.45, 2.75) is 45.9 Å². The average Bonchev–Trinajstić information content (AvgIpc) is 2.88. The van der Waals surface area contributed by atoms with E-state index in [2.05, 4.69) is 47.2 Å². The summed E-state index contributed by atoms with van der Waals surface area (Å²) < 4.78 is 5.82. The number of para-hydroxylation sites is 1. The molecule has 0 saturated carbocycles. The first-order valence-electron chi connectivity index (χ1n) is 12.5. The van der Waals surface area contributed by atoms with Gasteiger partial charge in [0.05, 0.1) is 24.1 Å². The number of pyridine rings is 2. The predicted molar refractivity (Wildman–Crippen MR) is 144 cm³/mol. The number of hydrogen-bond donors (Lipinski definition) is 1. The molecule has 2 unspecified atom stereocenters. The molecular weight excluding hydrogens is 448 g/mol. The van der Waals surface area contributed by atoms with Crippen LogP contribution in [-0.4, -0.2) is 41.2 Å². The fourth-order valence-corrected chi connectivity index (χ4v) is 5.02. The van der Waals surface area contributed by atoms with Gasteiger partial charge in [-0.2, -0.15) is 0 Å². The number of hydrogen-bond acceptors (Lipinski definition) is 5. The summed E-state index contributed by atoms with van der Waals surface area (Å²) in [6.45, 7) is 8.25. The van der Waals surface area contributed by atoms with Crippen molar-refractivity contribution in [1.82, 2.24) is 15.3 Å². The number of rotatable bonds is 6. The number of nitrogens with one attached hydrogen (secondary N) is 1. The number of fused-ring (bicyclic) bond motifs is 1. The van der Waals surface area contributed by atoms with E-state index in [-0.39, 0.29) is 24.5 Å². The summed E-state index contributed by atoms with van der Waals surface area (Å²) in [6.07, 6.45) is 2.48. The van der Waals surface area contributed by atoms with Crippen molar-refractivity contribution >= 4 is 22.6 Å². The van der Waals surface area contributed by atoms with E-state index < -0.39 is 0 Å². The maximum absolute atomic E-state index is 13.1. The molecule has 2 aromatic carbocycles. The molecule has 1 saturated heterocycles. The van der Waals surface area contributed by atoms with Gasteiger partial charge in [0.25, 0.3) is 0 Å². The van der Waals surface area contributed by atoms with Gasteiger partial charge in [-0.05, 0) is 55.2 Å². The predicted octanol–water partition coefficient (Wildman–Crippen LogP) is 5.08. The summed E-state index contributed by atoms with van der Waals surface area (Å²) in [4.78, 5) is 24.8. The normalized spacial score (nSPS) is 17.8. The van der Waals surface area contributed by atoms with E-state index in [9.17, 15) is 4.79 Å². The van der Waals surface area contributed by atoms with Crippen molar-refractivity contribution in [2.24, 2.45) is 0 Å². The van der Waals surface area contributed by atoms with Gasteiger partial charge in [0, 0.05) is 36.9 Å². The lowest BCUT2D eigenvalue weighted by molar-refractivity contribution is -0.120. The summed E-state index contributed by atoms with van der Waals surface area (Å²) in [5.41, 5.74) is 5.91. The first-order valence-corrected chi connectivity index (χ1v) is 12.5. The smallest absolute Gasteiger partial charge is 0.224 e. The monoisotopic (exact) mass is 480 g/mol. The lowest BCUT2D eigenvalue weighted by Gasteiger charge is -2.36. The number of aromatic nitrogens is 2. The van der Waals surface area contributed by atoms with Crippen LogP contribution in [0, 0.1) is 6.92 Å².